The van der Waals surface area contributed by atoms with Crippen LogP contribution >= 0.6 is 0 Å². The number of ketones is 1. The Morgan fingerprint density at radius 3 is 2.36 bits per heavy atom. The van der Waals surface area contributed by atoms with Crippen LogP contribution in [0.1, 0.15) is 28.4 Å². The lowest BCUT2D eigenvalue weighted by molar-refractivity contribution is -0.278. The normalized spacial score (nSPS) is 28.2. The van der Waals surface area contributed by atoms with E-state index in [1.165, 1.54) is 30.3 Å². The van der Waals surface area contributed by atoms with Crippen molar-refractivity contribution in [2.75, 3.05) is 13.2 Å². The van der Waals surface area contributed by atoms with Crippen molar-refractivity contribution in [3.8, 4) is 23.0 Å². The molecule has 0 radical (unpaired) electrons. The zero-order valence-corrected chi connectivity index (χ0v) is 20.4. The maximum atomic E-state index is 12.8. The highest BCUT2D eigenvalue weighted by atomic mass is 16.7. The molecule has 1 saturated heterocycles. The first-order valence-corrected chi connectivity index (χ1v) is 11.9. The van der Waals surface area contributed by atoms with Crippen LogP contribution in [0.2, 0.25) is 0 Å². The number of carbonyl (C=O) groups is 2. The van der Waals surface area contributed by atoms with E-state index in [9.17, 15) is 40.2 Å². The standard InChI is InChI=1S/C26H28O13/c1-11(6-7-27)25(35)36-10-17-19(30)21(32)23(34)26(39-17)37-14-8-15(29)18-16(9-14)38-24(22(33)20(18)31)12-2-4-13(28)5-3-12/h2-5,8-9,17,19,21-24,26-30,32-34H,1,6-7,10H2/t17-,19-,21+,22-,23-,24+,26-/m1/s1. The first-order chi connectivity index (χ1) is 18.5. The molecule has 39 heavy (non-hydrogen) atoms. The van der Waals surface area contributed by atoms with E-state index in [2.05, 4.69) is 6.58 Å². The van der Waals surface area contributed by atoms with Crippen molar-refractivity contribution in [1.82, 2.24) is 0 Å². The molecule has 0 saturated carbocycles. The topological polar surface area (TPSA) is 213 Å². The van der Waals surface area contributed by atoms with Gasteiger partial charge in [0.1, 0.15) is 59.6 Å². The molecule has 7 atom stereocenters. The van der Waals surface area contributed by atoms with Gasteiger partial charge >= 0.3 is 5.97 Å². The van der Waals surface area contributed by atoms with E-state index in [1.807, 2.05) is 0 Å². The summed E-state index contributed by atoms with van der Waals surface area (Å²) in [5.41, 5.74) is 0.0386. The largest absolute Gasteiger partial charge is 0.508 e. The Hall–Kier alpha value is -3.72. The third-order valence-electron chi connectivity index (χ3n) is 6.33. The Bertz CT molecular complexity index is 1230. The number of hydrogen-bond acceptors (Lipinski definition) is 13. The van der Waals surface area contributed by atoms with E-state index in [0.29, 0.717) is 5.56 Å². The summed E-state index contributed by atoms with van der Waals surface area (Å²) >= 11 is 0. The van der Waals surface area contributed by atoms with Crippen LogP contribution in [0.15, 0.2) is 48.6 Å². The average molecular weight is 548 g/mol. The van der Waals surface area contributed by atoms with Gasteiger partial charge in [0.15, 0.2) is 12.2 Å². The monoisotopic (exact) mass is 548 g/mol. The predicted octanol–water partition coefficient (Wildman–Crippen LogP) is -0.557. The van der Waals surface area contributed by atoms with Crippen molar-refractivity contribution in [1.29, 1.82) is 0 Å². The summed E-state index contributed by atoms with van der Waals surface area (Å²) in [4.78, 5) is 24.8. The van der Waals surface area contributed by atoms with Crippen LogP contribution in [0, 0.1) is 0 Å². The van der Waals surface area contributed by atoms with Crippen molar-refractivity contribution < 1.29 is 64.3 Å². The lowest BCUT2D eigenvalue weighted by atomic mass is 9.93. The number of fused-ring (bicyclic) bond motifs is 1. The molecule has 0 amide bonds. The second-order valence-corrected chi connectivity index (χ2v) is 9.06. The third kappa shape index (κ3) is 5.83. The summed E-state index contributed by atoms with van der Waals surface area (Å²) in [5.74, 6) is -2.64. The molecule has 7 N–H and O–H groups in total. The molecule has 2 aliphatic rings. The second-order valence-electron chi connectivity index (χ2n) is 9.06. The first kappa shape index (κ1) is 28.3. The Morgan fingerprint density at radius 1 is 1.00 bits per heavy atom. The van der Waals surface area contributed by atoms with Gasteiger partial charge in [0.05, 0.1) is 0 Å². The summed E-state index contributed by atoms with van der Waals surface area (Å²) in [6.07, 6.45) is -11.0. The van der Waals surface area contributed by atoms with Gasteiger partial charge in [-0.1, -0.05) is 18.7 Å². The third-order valence-corrected chi connectivity index (χ3v) is 6.33. The molecule has 0 unspecified atom stereocenters. The Labute approximate surface area is 221 Å². The summed E-state index contributed by atoms with van der Waals surface area (Å²) in [6, 6.07) is 7.81. The minimum atomic E-state index is -1.77. The molecule has 210 valence electrons. The molecular weight excluding hydrogens is 520 g/mol. The molecule has 0 aliphatic carbocycles. The van der Waals surface area contributed by atoms with Gasteiger partial charge < -0.3 is 54.7 Å². The zero-order valence-electron chi connectivity index (χ0n) is 20.4. The van der Waals surface area contributed by atoms with E-state index >= 15 is 0 Å². The van der Waals surface area contributed by atoms with Crippen molar-refractivity contribution in [3.05, 3.63) is 59.7 Å². The van der Waals surface area contributed by atoms with E-state index in [0.717, 1.165) is 6.07 Å². The number of ether oxygens (including phenoxy) is 4. The summed E-state index contributed by atoms with van der Waals surface area (Å²) in [5, 5.41) is 70.4. The van der Waals surface area contributed by atoms with Crippen LogP contribution in [0.3, 0.4) is 0 Å². The fraction of sp³-hybridized carbons (Fsp3) is 0.385. The van der Waals surface area contributed by atoms with Crippen LogP contribution in [-0.2, 0) is 14.3 Å². The number of phenols is 2. The number of phenolic OH excluding ortho intramolecular Hbond substituents is 2. The maximum Gasteiger partial charge on any atom is 0.333 e. The number of Topliss-reactive ketones (excluding diaryl/α,β-unsaturated/α-hetero) is 1. The van der Waals surface area contributed by atoms with Gasteiger partial charge in [-0.3, -0.25) is 4.79 Å². The molecule has 4 rings (SSSR count). The van der Waals surface area contributed by atoms with Gasteiger partial charge in [-0.05, 0) is 17.7 Å². The molecule has 13 heteroatoms. The number of aliphatic hydroxyl groups is 5. The number of carbonyl (C=O) groups excluding carboxylic acids is 2. The van der Waals surface area contributed by atoms with Crippen LogP contribution in [-0.4, -0.2) is 97.5 Å². The lowest BCUT2D eigenvalue weighted by Crippen LogP contribution is -2.60. The highest BCUT2D eigenvalue weighted by Crippen LogP contribution is 2.42. The molecule has 13 nitrogen and oxygen atoms in total. The number of rotatable bonds is 8. The fourth-order valence-corrected chi connectivity index (χ4v) is 4.17. The molecule has 0 bridgehead atoms. The van der Waals surface area contributed by atoms with Gasteiger partial charge in [0.25, 0.3) is 0 Å². The number of aliphatic hydroxyl groups excluding tert-OH is 5. The fourth-order valence-electron chi connectivity index (χ4n) is 4.17. The van der Waals surface area contributed by atoms with Crippen LogP contribution in [0.5, 0.6) is 23.0 Å². The van der Waals surface area contributed by atoms with Gasteiger partial charge in [-0.15, -0.1) is 0 Å². The summed E-state index contributed by atoms with van der Waals surface area (Å²) in [6.45, 7) is 2.60. The minimum absolute atomic E-state index is 0.0222. The van der Waals surface area contributed by atoms with E-state index in [-0.39, 0.29) is 41.4 Å². The Morgan fingerprint density at radius 2 is 1.69 bits per heavy atom. The van der Waals surface area contributed by atoms with Crippen molar-refractivity contribution in [2.24, 2.45) is 0 Å². The highest BCUT2D eigenvalue weighted by molar-refractivity contribution is 6.05. The van der Waals surface area contributed by atoms with Gasteiger partial charge in [0.2, 0.25) is 12.1 Å². The Balaban J connectivity index is 1.53. The summed E-state index contributed by atoms with van der Waals surface area (Å²) < 4.78 is 21.9. The number of esters is 1. The first-order valence-electron chi connectivity index (χ1n) is 11.9. The average Bonchev–Trinajstić information content (AvgIpc) is 2.90. The van der Waals surface area contributed by atoms with Gasteiger partial charge in [-0.25, -0.2) is 4.79 Å². The van der Waals surface area contributed by atoms with Gasteiger partial charge in [0, 0.05) is 30.7 Å². The lowest BCUT2D eigenvalue weighted by Gasteiger charge is -2.40. The van der Waals surface area contributed by atoms with Crippen molar-refractivity contribution in [3.63, 3.8) is 0 Å². The molecule has 0 aromatic heterocycles. The van der Waals surface area contributed by atoms with E-state index < -0.39 is 67.0 Å². The smallest absolute Gasteiger partial charge is 0.333 e. The van der Waals surface area contributed by atoms with E-state index in [4.69, 9.17) is 24.1 Å². The van der Waals surface area contributed by atoms with E-state index in [1.54, 1.807) is 0 Å². The maximum absolute atomic E-state index is 12.8. The minimum Gasteiger partial charge on any atom is -0.508 e. The molecule has 0 spiro atoms. The van der Waals surface area contributed by atoms with Gasteiger partial charge in [-0.2, -0.15) is 0 Å². The van der Waals surface area contributed by atoms with Crippen molar-refractivity contribution >= 4 is 11.8 Å². The molecule has 2 aromatic rings. The van der Waals surface area contributed by atoms with Crippen LogP contribution in [0.4, 0.5) is 0 Å². The number of hydrogen-bond donors (Lipinski definition) is 7. The van der Waals surface area contributed by atoms with Crippen LogP contribution in [0.25, 0.3) is 0 Å². The number of aromatic hydroxyl groups is 2. The Kier molecular flexibility index (Phi) is 8.39. The number of benzene rings is 2. The zero-order chi connectivity index (χ0) is 28.4. The molecule has 2 aromatic carbocycles. The molecule has 2 heterocycles. The molecule has 1 fully saturated rings. The quantitative estimate of drug-likeness (QED) is 0.163. The summed E-state index contributed by atoms with van der Waals surface area (Å²) in [7, 11) is 0. The van der Waals surface area contributed by atoms with Crippen molar-refractivity contribution in [2.45, 2.75) is 49.3 Å². The van der Waals surface area contributed by atoms with Crippen LogP contribution < -0.4 is 9.47 Å². The highest BCUT2D eigenvalue weighted by Gasteiger charge is 2.46. The predicted molar refractivity (Wildman–Crippen MR) is 129 cm³/mol. The SMILES string of the molecule is C=C(CCO)C(=O)OC[C@H]1O[C@@H](Oc2cc(O)c3c(c2)O[C@@H](c2ccc(O)cc2)[C@H](O)C3=O)[C@H](O)[C@@H](O)[C@@H]1O. The molecule has 2 aliphatic heterocycles. The molecular formula is C26H28O13. The second kappa shape index (κ2) is 11.6.